The number of carbonyl (C=O) groups excluding carboxylic acids is 1. The summed E-state index contributed by atoms with van der Waals surface area (Å²) in [5, 5.41) is 0. The minimum atomic E-state index is 0.243. The Hall–Kier alpha value is -1.35. The van der Waals surface area contributed by atoms with Gasteiger partial charge in [-0.15, -0.1) is 0 Å². The topological polar surface area (TPSA) is 29.5 Å². The number of rotatable bonds is 6. The standard InChI is InChI=1S/C15H23NO2/c1-11-10-13(7-9-15(11)18-5)14(16(3)4)8-6-12(2)17/h7,9-10,14H,6,8H2,1-5H3. The maximum absolute atomic E-state index is 11.1. The molecule has 0 heterocycles. The lowest BCUT2D eigenvalue weighted by molar-refractivity contribution is -0.117. The van der Waals surface area contributed by atoms with Gasteiger partial charge in [0.1, 0.15) is 11.5 Å². The minimum absolute atomic E-state index is 0.243. The number of hydrogen-bond donors (Lipinski definition) is 0. The molecule has 1 aromatic rings. The van der Waals surface area contributed by atoms with Crippen molar-refractivity contribution in [3.8, 4) is 5.75 Å². The number of hydrogen-bond acceptors (Lipinski definition) is 3. The molecule has 0 saturated carbocycles. The zero-order valence-corrected chi connectivity index (χ0v) is 12.0. The monoisotopic (exact) mass is 249 g/mol. The van der Waals surface area contributed by atoms with Crippen LogP contribution in [0.1, 0.15) is 36.9 Å². The van der Waals surface area contributed by atoms with Crippen molar-refractivity contribution in [3.05, 3.63) is 29.3 Å². The summed E-state index contributed by atoms with van der Waals surface area (Å²) in [7, 11) is 5.77. The molecule has 3 nitrogen and oxygen atoms in total. The number of carbonyl (C=O) groups is 1. The van der Waals surface area contributed by atoms with E-state index in [-0.39, 0.29) is 11.8 Å². The lowest BCUT2D eigenvalue weighted by atomic mass is 9.98. The van der Waals surface area contributed by atoms with E-state index in [4.69, 9.17) is 4.74 Å². The molecule has 3 heteroatoms. The number of nitrogens with zero attached hydrogens (tertiary/aromatic N) is 1. The molecule has 0 bridgehead atoms. The van der Waals surface area contributed by atoms with Crippen LogP contribution in [0.5, 0.6) is 5.75 Å². The van der Waals surface area contributed by atoms with Gasteiger partial charge >= 0.3 is 0 Å². The quantitative estimate of drug-likeness (QED) is 0.776. The third-order valence-electron chi connectivity index (χ3n) is 3.20. The van der Waals surface area contributed by atoms with Crippen LogP contribution in [0.25, 0.3) is 0 Å². The summed E-state index contributed by atoms with van der Waals surface area (Å²) in [6, 6.07) is 6.49. The Morgan fingerprint density at radius 2 is 2.06 bits per heavy atom. The van der Waals surface area contributed by atoms with Gasteiger partial charge in [-0.3, -0.25) is 0 Å². The van der Waals surface area contributed by atoms with Crippen molar-refractivity contribution in [2.24, 2.45) is 0 Å². The second-order valence-electron chi connectivity index (χ2n) is 4.95. The van der Waals surface area contributed by atoms with Crippen LogP contribution in [0, 0.1) is 6.92 Å². The Morgan fingerprint density at radius 3 is 2.50 bits per heavy atom. The maximum Gasteiger partial charge on any atom is 0.129 e. The zero-order valence-electron chi connectivity index (χ0n) is 12.0. The SMILES string of the molecule is COc1ccc(C(CCC(C)=O)N(C)C)cc1C. The molecule has 0 radical (unpaired) electrons. The molecule has 1 rings (SSSR count). The van der Waals surface area contributed by atoms with E-state index in [0.717, 1.165) is 17.7 Å². The van der Waals surface area contributed by atoms with Crippen LogP contribution in [-0.2, 0) is 4.79 Å². The fraction of sp³-hybridized carbons (Fsp3) is 0.533. The number of Topliss-reactive ketones (excluding diaryl/α,β-unsaturated/α-hetero) is 1. The number of benzene rings is 1. The molecule has 1 aromatic carbocycles. The average Bonchev–Trinajstić information content (AvgIpc) is 2.28. The van der Waals surface area contributed by atoms with Crippen molar-refractivity contribution in [1.29, 1.82) is 0 Å². The third kappa shape index (κ3) is 3.84. The van der Waals surface area contributed by atoms with Gasteiger partial charge in [0, 0.05) is 12.5 Å². The van der Waals surface area contributed by atoms with Gasteiger partial charge < -0.3 is 14.4 Å². The van der Waals surface area contributed by atoms with Crippen molar-refractivity contribution in [1.82, 2.24) is 4.90 Å². The maximum atomic E-state index is 11.1. The summed E-state index contributed by atoms with van der Waals surface area (Å²) in [4.78, 5) is 13.3. The number of ketones is 1. The second-order valence-corrected chi connectivity index (χ2v) is 4.95. The molecule has 0 aromatic heterocycles. The van der Waals surface area contributed by atoms with Crippen LogP contribution in [0.4, 0.5) is 0 Å². The molecule has 18 heavy (non-hydrogen) atoms. The van der Waals surface area contributed by atoms with Crippen LogP contribution in [0.3, 0.4) is 0 Å². The number of aryl methyl sites for hydroxylation is 1. The number of methoxy groups -OCH3 is 1. The highest BCUT2D eigenvalue weighted by atomic mass is 16.5. The van der Waals surface area contributed by atoms with Gasteiger partial charge in [0.25, 0.3) is 0 Å². The fourth-order valence-electron chi connectivity index (χ4n) is 2.17. The van der Waals surface area contributed by atoms with Gasteiger partial charge in [0.05, 0.1) is 7.11 Å². The zero-order chi connectivity index (χ0) is 13.7. The molecule has 0 spiro atoms. The fourth-order valence-corrected chi connectivity index (χ4v) is 2.17. The summed E-state index contributed by atoms with van der Waals surface area (Å²) >= 11 is 0. The molecular formula is C15H23NO2. The largest absolute Gasteiger partial charge is 0.496 e. The summed E-state index contributed by atoms with van der Waals surface area (Å²) in [6.07, 6.45) is 1.47. The highest BCUT2D eigenvalue weighted by Crippen LogP contribution is 2.28. The first-order valence-corrected chi connectivity index (χ1v) is 6.26. The number of ether oxygens (including phenoxy) is 1. The first kappa shape index (κ1) is 14.7. The predicted octanol–water partition coefficient (Wildman–Crippen LogP) is 2.98. The third-order valence-corrected chi connectivity index (χ3v) is 3.20. The van der Waals surface area contributed by atoms with Crippen molar-refractivity contribution >= 4 is 5.78 Å². The van der Waals surface area contributed by atoms with Crippen molar-refractivity contribution in [3.63, 3.8) is 0 Å². The van der Waals surface area contributed by atoms with Gasteiger partial charge in [0.2, 0.25) is 0 Å². The van der Waals surface area contributed by atoms with Crippen LogP contribution in [0.2, 0.25) is 0 Å². The summed E-state index contributed by atoms with van der Waals surface area (Å²) in [5.41, 5.74) is 2.37. The van der Waals surface area contributed by atoms with Gasteiger partial charge in [-0.1, -0.05) is 12.1 Å². The Labute approximate surface area is 110 Å². The first-order chi connectivity index (χ1) is 8.45. The Balaban J connectivity index is 2.92. The lowest BCUT2D eigenvalue weighted by Gasteiger charge is -2.25. The van der Waals surface area contributed by atoms with E-state index in [0.29, 0.717) is 6.42 Å². The summed E-state index contributed by atoms with van der Waals surface area (Å²) in [6.45, 7) is 3.69. The molecule has 0 aliphatic heterocycles. The molecule has 1 atom stereocenters. The molecule has 100 valence electrons. The normalized spacial score (nSPS) is 12.6. The molecule has 1 unspecified atom stereocenters. The van der Waals surface area contributed by atoms with E-state index in [1.807, 2.05) is 27.1 Å². The van der Waals surface area contributed by atoms with Gasteiger partial charge in [-0.05, 0) is 51.6 Å². The van der Waals surface area contributed by atoms with Crippen molar-refractivity contribution in [2.45, 2.75) is 32.7 Å². The van der Waals surface area contributed by atoms with Crippen LogP contribution in [-0.4, -0.2) is 31.9 Å². The smallest absolute Gasteiger partial charge is 0.129 e. The van der Waals surface area contributed by atoms with E-state index in [1.54, 1.807) is 14.0 Å². The van der Waals surface area contributed by atoms with E-state index in [1.165, 1.54) is 5.56 Å². The molecule has 0 fully saturated rings. The Bertz CT molecular complexity index is 413. The Morgan fingerprint density at radius 1 is 1.39 bits per heavy atom. The van der Waals surface area contributed by atoms with Crippen molar-refractivity contribution < 1.29 is 9.53 Å². The molecule has 0 aliphatic carbocycles. The second kappa shape index (κ2) is 6.55. The van der Waals surface area contributed by atoms with E-state index in [2.05, 4.69) is 17.0 Å². The van der Waals surface area contributed by atoms with Gasteiger partial charge in [0.15, 0.2) is 0 Å². The molecule has 0 saturated heterocycles. The van der Waals surface area contributed by atoms with Crippen LogP contribution < -0.4 is 4.74 Å². The highest BCUT2D eigenvalue weighted by Gasteiger charge is 2.15. The highest BCUT2D eigenvalue weighted by molar-refractivity contribution is 5.75. The summed E-state index contributed by atoms with van der Waals surface area (Å²) < 4.78 is 5.27. The molecule has 0 N–H and O–H groups in total. The van der Waals surface area contributed by atoms with E-state index < -0.39 is 0 Å². The van der Waals surface area contributed by atoms with Crippen molar-refractivity contribution in [2.75, 3.05) is 21.2 Å². The van der Waals surface area contributed by atoms with Gasteiger partial charge in [-0.2, -0.15) is 0 Å². The first-order valence-electron chi connectivity index (χ1n) is 6.26. The average molecular weight is 249 g/mol. The van der Waals surface area contributed by atoms with E-state index in [9.17, 15) is 4.79 Å². The van der Waals surface area contributed by atoms with E-state index >= 15 is 0 Å². The predicted molar refractivity (Wildman–Crippen MR) is 74.1 cm³/mol. The lowest BCUT2D eigenvalue weighted by Crippen LogP contribution is -2.20. The minimum Gasteiger partial charge on any atom is -0.496 e. The van der Waals surface area contributed by atoms with Crippen LogP contribution >= 0.6 is 0 Å². The van der Waals surface area contributed by atoms with Crippen LogP contribution in [0.15, 0.2) is 18.2 Å². The summed E-state index contributed by atoms with van der Waals surface area (Å²) in [5.74, 6) is 1.15. The molecule has 0 amide bonds. The molecular weight excluding hydrogens is 226 g/mol. The Kier molecular flexibility index (Phi) is 5.35. The molecule has 0 aliphatic rings. The van der Waals surface area contributed by atoms with Gasteiger partial charge in [-0.25, -0.2) is 0 Å².